The van der Waals surface area contributed by atoms with E-state index in [0.717, 1.165) is 18.6 Å². The monoisotopic (exact) mass is 258 g/mol. The van der Waals surface area contributed by atoms with E-state index >= 15 is 0 Å². The lowest BCUT2D eigenvalue weighted by molar-refractivity contribution is -0.155. The lowest BCUT2D eigenvalue weighted by Crippen LogP contribution is -2.55. The fourth-order valence-electron chi connectivity index (χ4n) is 2.44. The zero-order valence-electron chi connectivity index (χ0n) is 9.93. The van der Waals surface area contributed by atoms with E-state index in [9.17, 15) is 9.59 Å². The van der Waals surface area contributed by atoms with Gasteiger partial charge in [0.25, 0.3) is 0 Å². The Morgan fingerprint density at radius 1 is 1.47 bits per heavy atom. The first-order valence-corrected chi connectivity index (χ1v) is 6.97. The number of carbonyl (C=O) groups excluding carboxylic acids is 2. The average Bonchev–Trinajstić information content (AvgIpc) is 2.49. The number of thioether (sulfide) groups is 1. The maximum atomic E-state index is 12.2. The first-order valence-electron chi connectivity index (χ1n) is 5.92. The summed E-state index contributed by atoms with van der Waals surface area (Å²) in [5, 5.41) is 0.0916. The van der Waals surface area contributed by atoms with Crippen LogP contribution in [0.2, 0.25) is 0 Å². The van der Waals surface area contributed by atoms with E-state index in [1.807, 2.05) is 0 Å². The molecule has 2 N–H and O–H groups in total. The summed E-state index contributed by atoms with van der Waals surface area (Å²) in [6.07, 6.45) is 3.26. The van der Waals surface area contributed by atoms with Crippen molar-refractivity contribution in [1.29, 1.82) is 0 Å². The highest BCUT2D eigenvalue weighted by atomic mass is 32.2. The van der Waals surface area contributed by atoms with Crippen molar-refractivity contribution >= 4 is 23.6 Å². The van der Waals surface area contributed by atoms with Gasteiger partial charge in [-0.1, -0.05) is 0 Å². The van der Waals surface area contributed by atoms with Crippen LogP contribution in [0.3, 0.4) is 0 Å². The molecule has 0 spiro atoms. The molecule has 0 radical (unpaired) electrons. The molecule has 2 fully saturated rings. The molecule has 0 unspecified atom stereocenters. The Kier molecular flexibility index (Phi) is 3.93. The van der Waals surface area contributed by atoms with Gasteiger partial charge in [0.05, 0.1) is 18.5 Å². The molecule has 17 heavy (non-hydrogen) atoms. The van der Waals surface area contributed by atoms with Gasteiger partial charge in [-0.2, -0.15) is 0 Å². The second-order valence-electron chi connectivity index (χ2n) is 4.44. The van der Waals surface area contributed by atoms with Crippen molar-refractivity contribution in [1.82, 2.24) is 4.90 Å². The number of piperidine rings is 1. The number of methoxy groups -OCH3 is 1. The Bertz CT molecular complexity index is 324. The Morgan fingerprint density at radius 3 is 2.94 bits per heavy atom. The van der Waals surface area contributed by atoms with Crippen LogP contribution in [0, 0.1) is 0 Å². The predicted molar refractivity (Wildman–Crippen MR) is 65.3 cm³/mol. The van der Waals surface area contributed by atoms with Crippen LogP contribution in [-0.4, -0.2) is 47.1 Å². The molecule has 6 heteroatoms. The van der Waals surface area contributed by atoms with Crippen molar-refractivity contribution in [3.8, 4) is 0 Å². The topological polar surface area (TPSA) is 72.6 Å². The van der Waals surface area contributed by atoms with Crippen LogP contribution >= 0.6 is 11.8 Å². The van der Waals surface area contributed by atoms with E-state index in [0.29, 0.717) is 12.8 Å². The van der Waals surface area contributed by atoms with Gasteiger partial charge in [0, 0.05) is 0 Å². The molecule has 2 saturated heterocycles. The molecule has 5 nitrogen and oxygen atoms in total. The number of rotatable bonds is 1. The minimum Gasteiger partial charge on any atom is -0.467 e. The van der Waals surface area contributed by atoms with Crippen molar-refractivity contribution < 1.29 is 14.3 Å². The first-order chi connectivity index (χ1) is 8.15. The molecular formula is C11H18N2O3S. The Balaban J connectivity index is 2.23. The largest absolute Gasteiger partial charge is 0.467 e. The number of ether oxygens (including phenoxy) is 1. The molecule has 2 aliphatic rings. The van der Waals surface area contributed by atoms with E-state index in [2.05, 4.69) is 0 Å². The van der Waals surface area contributed by atoms with E-state index in [4.69, 9.17) is 10.5 Å². The van der Waals surface area contributed by atoms with Gasteiger partial charge in [-0.25, -0.2) is 4.79 Å². The summed E-state index contributed by atoms with van der Waals surface area (Å²) >= 11 is 1.72. The number of nitrogens with two attached hydrogens (primary N) is 1. The summed E-state index contributed by atoms with van der Waals surface area (Å²) in [5.41, 5.74) is 5.83. The van der Waals surface area contributed by atoms with Gasteiger partial charge in [-0.3, -0.25) is 4.79 Å². The van der Waals surface area contributed by atoms with Gasteiger partial charge in [0.2, 0.25) is 5.91 Å². The third-order valence-corrected chi connectivity index (χ3v) is 4.68. The number of hydrogen-bond acceptors (Lipinski definition) is 5. The molecule has 2 aliphatic heterocycles. The van der Waals surface area contributed by atoms with Gasteiger partial charge in [-0.05, 0) is 31.4 Å². The number of amides is 1. The van der Waals surface area contributed by atoms with Crippen LogP contribution in [0.1, 0.15) is 25.7 Å². The maximum Gasteiger partial charge on any atom is 0.328 e. The van der Waals surface area contributed by atoms with Gasteiger partial charge in [0.15, 0.2) is 0 Å². The highest BCUT2D eigenvalue weighted by molar-refractivity contribution is 7.99. The molecule has 0 saturated carbocycles. The van der Waals surface area contributed by atoms with Crippen LogP contribution < -0.4 is 5.73 Å². The summed E-state index contributed by atoms with van der Waals surface area (Å²) in [4.78, 5) is 25.6. The smallest absolute Gasteiger partial charge is 0.328 e. The molecular weight excluding hydrogens is 240 g/mol. The molecule has 2 heterocycles. The summed E-state index contributed by atoms with van der Waals surface area (Å²) in [6.45, 7) is 0. The number of hydrogen-bond donors (Lipinski definition) is 1. The van der Waals surface area contributed by atoms with Crippen LogP contribution in [-0.2, 0) is 14.3 Å². The predicted octanol–water partition coefficient (Wildman–Crippen LogP) is 0.331. The Hall–Kier alpha value is -0.750. The van der Waals surface area contributed by atoms with E-state index in [-0.39, 0.29) is 17.3 Å². The maximum absolute atomic E-state index is 12.2. The molecule has 0 aliphatic carbocycles. The number of nitrogens with zero attached hydrogens (tertiary/aromatic N) is 1. The van der Waals surface area contributed by atoms with E-state index in [1.54, 1.807) is 16.7 Å². The van der Waals surface area contributed by atoms with Crippen molar-refractivity contribution in [3.05, 3.63) is 0 Å². The van der Waals surface area contributed by atoms with Gasteiger partial charge in [0.1, 0.15) is 6.04 Å². The zero-order valence-corrected chi connectivity index (χ0v) is 10.7. The summed E-state index contributed by atoms with van der Waals surface area (Å²) in [5.74, 6) is 0.454. The lowest BCUT2D eigenvalue weighted by Gasteiger charge is -2.39. The minimum atomic E-state index is -0.474. The fraction of sp³-hybridized carbons (Fsp3) is 0.818. The normalized spacial score (nSPS) is 33.9. The first kappa shape index (κ1) is 12.7. The van der Waals surface area contributed by atoms with E-state index < -0.39 is 12.1 Å². The van der Waals surface area contributed by atoms with Gasteiger partial charge >= 0.3 is 5.97 Å². The molecule has 0 aromatic heterocycles. The van der Waals surface area contributed by atoms with Crippen molar-refractivity contribution in [3.63, 3.8) is 0 Å². The molecule has 0 aromatic carbocycles. The number of esters is 1. The van der Waals surface area contributed by atoms with Gasteiger partial charge < -0.3 is 15.4 Å². The lowest BCUT2D eigenvalue weighted by atomic mass is 10.0. The van der Waals surface area contributed by atoms with E-state index in [1.165, 1.54) is 7.11 Å². The average molecular weight is 258 g/mol. The highest BCUT2D eigenvalue weighted by Crippen LogP contribution is 2.34. The Labute approximate surface area is 105 Å². The highest BCUT2D eigenvalue weighted by Gasteiger charge is 2.42. The van der Waals surface area contributed by atoms with Crippen LogP contribution in [0.25, 0.3) is 0 Å². The SMILES string of the molecule is COC(=O)[C@@H]1CCC[C@H]2SCC[C@@H](N)C(=O)N21. The summed E-state index contributed by atoms with van der Waals surface area (Å²) in [6, 6.07) is -0.916. The number of fused-ring (bicyclic) bond motifs is 1. The second-order valence-corrected chi connectivity index (χ2v) is 5.72. The van der Waals surface area contributed by atoms with Crippen LogP contribution in [0.4, 0.5) is 0 Å². The van der Waals surface area contributed by atoms with Crippen molar-refractivity contribution in [2.24, 2.45) is 5.73 Å². The van der Waals surface area contributed by atoms with Crippen LogP contribution in [0.15, 0.2) is 0 Å². The minimum absolute atomic E-state index is 0.0916. The molecule has 0 bridgehead atoms. The molecule has 3 atom stereocenters. The summed E-state index contributed by atoms with van der Waals surface area (Å²) in [7, 11) is 1.36. The molecule has 2 rings (SSSR count). The standard InChI is InChI=1S/C11H18N2O3S/c1-16-11(15)8-3-2-4-9-13(8)10(14)7(12)5-6-17-9/h7-9H,2-6,12H2,1H3/t7-,8+,9-/m1/s1. The summed E-state index contributed by atoms with van der Waals surface area (Å²) < 4.78 is 4.78. The number of carbonyl (C=O) groups is 2. The van der Waals surface area contributed by atoms with Crippen molar-refractivity contribution in [2.45, 2.75) is 43.1 Å². The quantitative estimate of drug-likeness (QED) is 0.686. The molecule has 0 aromatic rings. The third kappa shape index (κ3) is 2.42. The third-order valence-electron chi connectivity index (χ3n) is 3.36. The van der Waals surface area contributed by atoms with Crippen molar-refractivity contribution in [2.75, 3.05) is 12.9 Å². The fourth-order valence-corrected chi connectivity index (χ4v) is 3.84. The zero-order chi connectivity index (χ0) is 12.4. The second kappa shape index (κ2) is 5.27. The Morgan fingerprint density at radius 2 is 2.24 bits per heavy atom. The molecule has 96 valence electrons. The van der Waals surface area contributed by atoms with Gasteiger partial charge in [-0.15, -0.1) is 11.8 Å². The van der Waals surface area contributed by atoms with Crippen LogP contribution in [0.5, 0.6) is 0 Å². The molecule has 1 amide bonds.